The molecule has 3 nitrogen and oxygen atoms in total. The van der Waals surface area contributed by atoms with E-state index in [0.29, 0.717) is 13.2 Å². The van der Waals surface area contributed by atoms with Crippen molar-refractivity contribution in [2.45, 2.75) is 39.1 Å². The summed E-state index contributed by atoms with van der Waals surface area (Å²) in [6, 6.07) is 20.0. The number of hydrogen-bond acceptors (Lipinski definition) is 3. The Balaban J connectivity index is 1.91. The molecule has 0 N–H and O–H groups in total. The van der Waals surface area contributed by atoms with Gasteiger partial charge < -0.3 is 14.2 Å². The highest BCUT2D eigenvalue weighted by Crippen LogP contribution is 2.15. The van der Waals surface area contributed by atoms with Crippen LogP contribution in [-0.4, -0.2) is 25.4 Å². The van der Waals surface area contributed by atoms with Crippen LogP contribution in [0.2, 0.25) is 0 Å². The molecular weight excluding hydrogens is 288 g/mol. The van der Waals surface area contributed by atoms with Crippen LogP contribution in [0.4, 0.5) is 0 Å². The lowest BCUT2D eigenvalue weighted by Crippen LogP contribution is -2.36. The minimum atomic E-state index is -0.132. The molecule has 2 atom stereocenters. The van der Waals surface area contributed by atoms with Crippen LogP contribution in [0.1, 0.15) is 25.8 Å². The minimum absolute atomic E-state index is 0.0627. The Morgan fingerprint density at radius 3 is 2.22 bits per heavy atom. The maximum atomic E-state index is 6.06. The van der Waals surface area contributed by atoms with Gasteiger partial charge in [0.25, 0.3) is 0 Å². The van der Waals surface area contributed by atoms with Crippen LogP contribution in [0.5, 0.6) is 5.75 Å². The Morgan fingerprint density at radius 1 is 0.913 bits per heavy atom. The molecule has 0 aromatic heterocycles. The summed E-state index contributed by atoms with van der Waals surface area (Å²) >= 11 is 0. The lowest BCUT2D eigenvalue weighted by Gasteiger charge is -2.25. The highest BCUT2D eigenvalue weighted by Gasteiger charge is 2.20. The molecule has 0 bridgehead atoms. The second-order valence-electron chi connectivity index (χ2n) is 5.55. The van der Waals surface area contributed by atoms with Crippen molar-refractivity contribution in [1.29, 1.82) is 0 Å². The summed E-state index contributed by atoms with van der Waals surface area (Å²) in [5.41, 5.74) is 1.16. The molecule has 0 aliphatic heterocycles. The Labute approximate surface area is 139 Å². The van der Waals surface area contributed by atoms with Crippen molar-refractivity contribution < 1.29 is 14.2 Å². The predicted octanol–water partition coefficient (Wildman–Crippen LogP) is 4.47. The molecule has 0 fully saturated rings. The van der Waals surface area contributed by atoms with Gasteiger partial charge in [0.15, 0.2) is 0 Å². The SMILES string of the molecule is CCCOC[C@H](Oc1ccccc1)[C@@H](C)OCc1ccccc1. The molecule has 3 heteroatoms. The zero-order chi connectivity index (χ0) is 16.3. The van der Waals surface area contributed by atoms with Crippen molar-refractivity contribution in [3.05, 3.63) is 66.2 Å². The standard InChI is InChI=1S/C20H26O3/c1-3-14-21-16-20(23-19-12-8-5-9-13-19)17(2)22-15-18-10-6-4-7-11-18/h4-13,17,20H,3,14-16H2,1-2H3/t17-,20+/m1/s1. The molecule has 0 amide bonds. The van der Waals surface area contributed by atoms with Crippen molar-refractivity contribution in [1.82, 2.24) is 0 Å². The summed E-state index contributed by atoms with van der Waals surface area (Å²) in [5, 5.41) is 0. The van der Waals surface area contributed by atoms with Crippen LogP contribution >= 0.6 is 0 Å². The van der Waals surface area contributed by atoms with E-state index in [1.54, 1.807) is 0 Å². The van der Waals surface area contributed by atoms with Gasteiger partial charge in [-0.05, 0) is 31.0 Å². The zero-order valence-corrected chi connectivity index (χ0v) is 14.0. The molecular formula is C20H26O3. The second kappa shape index (κ2) is 10.0. The molecule has 0 saturated carbocycles. The first kappa shape index (κ1) is 17.5. The van der Waals surface area contributed by atoms with Gasteiger partial charge in [-0.1, -0.05) is 55.5 Å². The molecule has 0 unspecified atom stereocenters. The van der Waals surface area contributed by atoms with Crippen LogP contribution in [0.3, 0.4) is 0 Å². The van der Waals surface area contributed by atoms with E-state index in [1.807, 2.05) is 55.5 Å². The van der Waals surface area contributed by atoms with Gasteiger partial charge in [-0.2, -0.15) is 0 Å². The van der Waals surface area contributed by atoms with Gasteiger partial charge in [-0.3, -0.25) is 0 Å². The summed E-state index contributed by atoms with van der Waals surface area (Å²) in [6.45, 7) is 5.97. The van der Waals surface area contributed by atoms with Gasteiger partial charge in [0.2, 0.25) is 0 Å². The average Bonchev–Trinajstić information content (AvgIpc) is 2.61. The maximum Gasteiger partial charge on any atom is 0.148 e. The summed E-state index contributed by atoms with van der Waals surface area (Å²) in [7, 11) is 0. The molecule has 0 aliphatic carbocycles. The van der Waals surface area contributed by atoms with Crippen molar-refractivity contribution in [3.63, 3.8) is 0 Å². The fraction of sp³-hybridized carbons (Fsp3) is 0.400. The quantitative estimate of drug-likeness (QED) is 0.606. The fourth-order valence-corrected chi connectivity index (χ4v) is 2.19. The molecule has 2 aromatic rings. The first-order valence-corrected chi connectivity index (χ1v) is 8.24. The second-order valence-corrected chi connectivity index (χ2v) is 5.55. The first-order valence-electron chi connectivity index (χ1n) is 8.24. The molecule has 0 saturated heterocycles. The van der Waals surface area contributed by atoms with E-state index in [9.17, 15) is 0 Å². The molecule has 124 valence electrons. The zero-order valence-electron chi connectivity index (χ0n) is 14.0. The van der Waals surface area contributed by atoms with Gasteiger partial charge in [-0.25, -0.2) is 0 Å². The smallest absolute Gasteiger partial charge is 0.148 e. The van der Waals surface area contributed by atoms with Crippen LogP contribution in [0.25, 0.3) is 0 Å². The van der Waals surface area contributed by atoms with E-state index in [0.717, 1.165) is 24.3 Å². The van der Waals surface area contributed by atoms with Gasteiger partial charge in [0, 0.05) is 6.61 Å². The molecule has 0 radical (unpaired) electrons. The fourth-order valence-electron chi connectivity index (χ4n) is 2.19. The van der Waals surface area contributed by atoms with Crippen molar-refractivity contribution in [2.24, 2.45) is 0 Å². The Kier molecular flexibility index (Phi) is 7.64. The Bertz CT molecular complexity index is 527. The van der Waals surface area contributed by atoms with Crippen molar-refractivity contribution >= 4 is 0 Å². The van der Waals surface area contributed by atoms with E-state index in [2.05, 4.69) is 19.1 Å². The van der Waals surface area contributed by atoms with E-state index in [-0.39, 0.29) is 12.2 Å². The highest BCUT2D eigenvalue weighted by atomic mass is 16.6. The highest BCUT2D eigenvalue weighted by molar-refractivity contribution is 5.21. The van der Waals surface area contributed by atoms with E-state index < -0.39 is 0 Å². The van der Waals surface area contributed by atoms with Gasteiger partial charge in [0.05, 0.1) is 19.3 Å². The topological polar surface area (TPSA) is 27.7 Å². The maximum absolute atomic E-state index is 6.06. The number of rotatable bonds is 10. The normalized spacial score (nSPS) is 13.5. The summed E-state index contributed by atoms with van der Waals surface area (Å²) in [6.07, 6.45) is 0.803. The van der Waals surface area contributed by atoms with E-state index in [1.165, 1.54) is 0 Å². The van der Waals surface area contributed by atoms with E-state index in [4.69, 9.17) is 14.2 Å². The number of para-hydroxylation sites is 1. The van der Waals surface area contributed by atoms with Crippen molar-refractivity contribution in [2.75, 3.05) is 13.2 Å². The van der Waals surface area contributed by atoms with Crippen LogP contribution < -0.4 is 4.74 Å². The third kappa shape index (κ3) is 6.43. The van der Waals surface area contributed by atoms with Gasteiger partial charge >= 0.3 is 0 Å². The Hall–Kier alpha value is -1.84. The molecule has 23 heavy (non-hydrogen) atoms. The lowest BCUT2D eigenvalue weighted by atomic mass is 10.2. The lowest BCUT2D eigenvalue weighted by molar-refractivity contribution is -0.0582. The molecule has 2 aromatic carbocycles. The number of ether oxygens (including phenoxy) is 3. The predicted molar refractivity (Wildman–Crippen MR) is 92.7 cm³/mol. The summed E-state index contributed by atoms with van der Waals surface area (Å²) < 4.78 is 17.7. The summed E-state index contributed by atoms with van der Waals surface area (Å²) in [5.74, 6) is 0.841. The molecule has 0 heterocycles. The van der Waals surface area contributed by atoms with Crippen LogP contribution in [0.15, 0.2) is 60.7 Å². The third-order valence-corrected chi connectivity index (χ3v) is 3.54. The summed E-state index contributed by atoms with van der Waals surface area (Å²) in [4.78, 5) is 0. The monoisotopic (exact) mass is 314 g/mol. The van der Waals surface area contributed by atoms with Crippen LogP contribution in [0, 0.1) is 0 Å². The largest absolute Gasteiger partial charge is 0.485 e. The first-order chi connectivity index (χ1) is 11.3. The van der Waals surface area contributed by atoms with Crippen LogP contribution in [-0.2, 0) is 16.1 Å². The van der Waals surface area contributed by atoms with Gasteiger partial charge in [0.1, 0.15) is 11.9 Å². The third-order valence-electron chi connectivity index (χ3n) is 3.54. The van der Waals surface area contributed by atoms with Crippen molar-refractivity contribution in [3.8, 4) is 5.75 Å². The van der Waals surface area contributed by atoms with E-state index >= 15 is 0 Å². The molecule has 2 rings (SSSR count). The molecule has 0 aliphatic rings. The van der Waals surface area contributed by atoms with Gasteiger partial charge in [-0.15, -0.1) is 0 Å². The number of benzene rings is 2. The number of hydrogen-bond donors (Lipinski definition) is 0. The molecule has 0 spiro atoms. The minimum Gasteiger partial charge on any atom is -0.485 e. The average molecular weight is 314 g/mol. The Morgan fingerprint density at radius 2 is 1.57 bits per heavy atom.